The molecule has 0 aliphatic rings. The van der Waals surface area contributed by atoms with E-state index in [2.05, 4.69) is 5.32 Å². The van der Waals surface area contributed by atoms with E-state index in [1.165, 1.54) is 0 Å². The summed E-state index contributed by atoms with van der Waals surface area (Å²) in [5.74, 6) is 0.415. The molecule has 2 aromatic carbocycles. The van der Waals surface area contributed by atoms with E-state index >= 15 is 0 Å². The highest BCUT2D eigenvalue weighted by Crippen LogP contribution is 2.25. The van der Waals surface area contributed by atoms with Crippen molar-refractivity contribution in [1.82, 2.24) is 5.32 Å². The highest BCUT2D eigenvalue weighted by molar-refractivity contribution is 6.32. The van der Waals surface area contributed by atoms with E-state index in [0.29, 0.717) is 16.3 Å². The Morgan fingerprint density at radius 1 is 1.24 bits per heavy atom. The minimum absolute atomic E-state index is 0.0143. The Labute approximate surface area is 129 Å². The minimum atomic E-state index is -0.143. The van der Waals surface area contributed by atoms with Crippen LogP contribution in [0.3, 0.4) is 0 Å². The van der Waals surface area contributed by atoms with E-state index in [9.17, 15) is 4.79 Å². The highest BCUT2D eigenvalue weighted by atomic mass is 35.5. The largest absolute Gasteiger partial charge is 0.495 e. The number of halogens is 1. The number of hydrogen-bond acceptors (Lipinski definition) is 2. The second-order valence-corrected chi connectivity index (χ2v) is 5.10. The number of benzene rings is 2. The fourth-order valence-electron chi connectivity index (χ4n) is 2.16. The molecule has 0 saturated carbocycles. The van der Waals surface area contributed by atoms with Crippen LogP contribution in [0.25, 0.3) is 0 Å². The Kier molecular flexibility index (Phi) is 5.23. The average molecular weight is 304 g/mol. The molecule has 110 valence electrons. The molecule has 0 bridgehead atoms. The first kappa shape index (κ1) is 15.4. The third kappa shape index (κ3) is 3.76. The van der Waals surface area contributed by atoms with Crippen molar-refractivity contribution >= 4 is 17.5 Å². The molecule has 0 spiro atoms. The van der Waals surface area contributed by atoms with E-state index in [-0.39, 0.29) is 11.9 Å². The van der Waals surface area contributed by atoms with E-state index in [0.717, 1.165) is 12.0 Å². The lowest BCUT2D eigenvalue weighted by molar-refractivity contribution is 0.0935. The summed E-state index contributed by atoms with van der Waals surface area (Å²) < 4.78 is 5.09. The summed E-state index contributed by atoms with van der Waals surface area (Å²) in [6.45, 7) is 2.04. The Morgan fingerprint density at radius 3 is 2.52 bits per heavy atom. The lowest BCUT2D eigenvalue weighted by Crippen LogP contribution is -2.28. The van der Waals surface area contributed by atoms with Gasteiger partial charge in [-0.25, -0.2) is 0 Å². The van der Waals surface area contributed by atoms with Crippen LogP contribution in [0.1, 0.15) is 35.3 Å². The van der Waals surface area contributed by atoms with Crippen LogP contribution in [0.4, 0.5) is 0 Å². The van der Waals surface area contributed by atoms with Gasteiger partial charge in [0, 0.05) is 5.56 Å². The van der Waals surface area contributed by atoms with Gasteiger partial charge in [-0.2, -0.15) is 0 Å². The van der Waals surface area contributed by atoms with Crippen molar-refractivity contribution in [3.8, 4) is 5.75 Å². The van der Waals surface area contributed by atoms with Crippen molar-refractivity contribution in [1.29, 1.82) is 0 Å². The normalized spacial score (nSPS) is 11.8. The number of methoxy groups -OCH3 is 1. The molecule has 0 heterocycles. The van der Waals surface area contributed by atoms with Crippen molar-refractivity contribution in [2.24, 2.45) is 0 Å². The second kappa shape index (κ2) is 7.14. The van der Waals surface area contributed by atoms with Crippen LogP contribution in [-0.4, -0.2) is 13.0 Å². The molecule has 0 unspecified atom stereocenters. The van der Waals surface area contributed by atoms with Gasteiger partial charge in [-0.05, 0) is 30.2 Å². The molecular weight excluding hydrogens is 286 g/mol. The van der Waals surface area contributed by atoms with Gasteiger partial charge in [0.1, 0.15) is 5.75 Å². The fourth-order valence-corrected chi connectivity index (χ4v) is 2.41. The van der Waals surface area contributed by atoms with Gasteiger partial charge in [-0.15, -0.1) is 0 Å². The molecule has 2 rings (SSSR count). The van der Waals surface area contributed by atoms with Crippen LogP contribution >= 0.6 is 11.6 Å². The summed E-state index contributed by atoms with van der Waals surface area (Å²) in [5.41, 5.74) is 1.61. The van der Waals surface area contributed by atoms with Gasteiger partial charge in [0.15, 0.2) is 0 Å². The molecule has 1 atom stereocenters. The van der Waals surface area contributed by atoms with Crippen molar-refractivity contribution in [3.63, 3.8) is 0 Å². The third-order valence-corrected chi connectivity index (χ3v) is 3.62. The molecule has 0 radical (unpaired) electrons. The Morgan fingerprint density at radius 2 is 1.95 bits per heavy atom. The molecule has 0 aliphatic heterocycles. The van der Waals surface area contributed by atoms with Crippen molar-refractivity contribution < 1.29 is 9.53 Å². The zero-order valence-corrected chi connectivity index (χ0v) is 12.9. The standard InChI is InChI=1S/C17H18ClNO2/c1-3-15(12-7-5-4-6-8-12)19-17(20)13-9-10-16(21-2)14(18)11-13/h4-11,15H,3H2,1-2H3,(H,19,20)/t15-/m1/s1. The first-order valence-electron chi connectivity index (χ1n) is 6.85. The topological polar surface area (TPSA) is 38.3 Å². The van der Waals surface area contributed by atoms with E-state index in [1.807, 2.05) is 37.3 Å². The first-order chi connectivity index (χ1) is 10.2. The molecule has 0 aromatic heterocycles. The van der Waals surface area contributed by atoms with Crippen LogP contribution in [0.2, 0.25) is 5.02 Å². The highest BCUT2D eigenvalue weighted by Gasteiger charge is 2.15. The summed E-state index contributed by atoms with van der Waals surface area (Å²) in [7, 11) is 1.55. The molecule has 4 heteroatoms. The van der Waals surface area contributed by atoms with Gasteiger partial charge in [-0.1, -0.05) is 48.9 Å². The quantitative estimate of drug-likeness (QED) is 0.897. The summed E-state index contributed by atoms with van der Waals surface area (Å²) in [6.07, 6.45) is 0.819. The molecular formula is C17H18ClNO2. The molecule has 3 nitrogen and oxygen atoms in total. The molecule has 0 aliphatic carbocycles. The lowest BCUT2D eigenvalue weighted by Gasteiger charge is -2.17. The summed E-state index contributed by atoms with van der Waals surface area (Å²) in [6, 6.07) is 14.9. The minimum Gasteiger partial charge on any atom is -0.495 e. The Hall–Kier alpha value is -2.00. The van der Waals surface area contributed by atoms with Crippen molar-refractivity contribution in [2.45, 2.75) is 19.4 Å². The van der Waals surface area contributed by atoms with E-state index < -0.39 is 0 Å². The molecule has 2 aromatic rings. The maximum atomic E-state index is 12.3. The molecule has 0 fully saturated rings. The SMILES string of the molecule is CC[C@@H](NC(=O)c1ccc(OC)c(Cl)c1)c1ccccc1. The van der Waals surface area contributed by atoms with Crippen LogP contribution in [-0.2, 0) is 0 Å². The smallest absolute Gasteiger partial charge is 0.251 e. The number of ether oxygens (including phenoxy) is 1. The molecule has 1 amide bonds. The number of rotatable bonds is 5. The Balaban J connectivity index is 2.15. The zero-order chi connectivity index (χ0) is 15.2. The van der Waals surface area contributed by atoms with E-state index in [4.69, 9.17) is 16.3 Å². The van der Waals surface area contributed by atoms with Crippen molar-refractivity contribution in [3.05, 3.63) is 64.7 Å². The number of amides is 1. The lowest BCUT2D eigenvalue weighted by atomic mass is 10.0. The summed E-state index contributed by atoms with van der Waals surface area (Å²) >= 11 is 6.06. The van der Waals surface area contributed by atoms with Gasteiger partial charge in [-0.3, -0.25) is 4.79 Å². The van der Waals surface area contributed by atoms with Gasteiger partial charge < -0.3 is 10.1 Å². The molecule has 0 saturated heterocycles. The van der Waals surface area contributed by atoms with Crippen LogP contribution in [0.5, 0.6) is 5.75 Å². The van der Waals surface area contributed by atoms with Crippen LogP contribution < -0.4 is 10.1 Å². The third-order valence-electron chi connectivity index (χ3n) is 3.33. The fraction of sp³-hybridized carbons (Fsp3) is 0.235. The monoisotopic (exact) mass is 303 g/mol. The molecule has 21 heavy (non-hydrogen) atoms. The van der Waals surface area contributed by atoms with Gasteiger partial charge in [0.05, 0.1) is 18.2 Å². The Bertz CT molecular complexity index is 613. The van der Waals surface area contributed by atoms with Gasteiger partial charge in [0.25, 0.3) is 5.91 Å². The van der Waals surface area contributed by atoms with Crippen molar-refractivity contribution in [2.75, 3.05) is 7.11 Å². The number of carbonyl (C=O) groups excluding carboxylic acids is 1. The van der Waals surface area contributed by atoms with Gasteiger partial charge in [0.2, 0.25) is 0 Å². The van der Waals surface area contributed by atoms with Gasteiger partial charge >= 0.3 is 0 Å². The molecule has 1 N–H and O–H groups in total. The average Bonchev–Trinajstić information content (AvgIpc) is 2.53. The predicted octanol–water partition coefficient (Wildman–Crippen LogP) is 4.23. The predicted molar refractivity (Wildman–Crippen MR) is 84.9 cm³/mol. The number of nitrogens with one attached hydrogen (secondary N) is 1. The second-order valence-electron chi connectivity index (χ2n) is 4.69. The van der Waals surface area contributed by atoms with Crippen LogP contribution in [0.15, 0.2) is 48.5 Å². The first-order valence-corrected chi connectivity index (χ1v) is 7.22. The summed E-state index contributed by atoms with van der Waals surface area (Å²) in [5, 5.41) is 3.45. The number of hydrogen-bond donors (Lipinski definition) is 1. The van der Waals surface area contributed by atoms with E-state index in [1.54, 1.807) is 25.3 Å². The van der Waals surface area contributed by atoms with Crippen LogP contribution in [0, 0.1) is 0 Å². The zero-order valence-electron chi connectivity index (χ0n) is 12.1. The number of carbonyl (C=O) groups is 1. The maximum Gasteiger partial charge on any atom is 0.251 e. The summed E-state index contributed by atoms with van der Waals surface area (Å²) in [4.78, 5) is 12.3. The maximum absolute atomic E-state index is 12.3.